The van der Waals surface area contributed by atoms with Gasteiger partial charge in [0.15, 0.2) is 0 Å². The van der Waals surface area contributed by atoms with E-state index in [1.165, 1.54) is 0 Å². The van der Waals surface area contributed by atoms with Gasteiger partial charge in [0.1, 0.15) is 6.61 Å². The number of hydrogen-bond acceptors (Lipinski definition) is 4. The predicted octanol–water partition coefficient (Wildman–Crippen LogP) is 3.53. The molecule has 1 N–H and O–H groups in total. The van der Waals surface area contributed by atoms with Crippen LogP contribution in [0.25, 0.3) is 0 Å². The normalized spacial score (nSPS) is 13.3. The Morgan fingerprint density at radius 3 is 2.30 bits per heavy atom. The average molecular weight is 321 g/mol. The molecule has 2 atom stereocenters. The van der Waals surface area contributed by atoms with Crippen molar-refractivity contribution in [1.29, 1.82) is 0 Å². The Bertz CT molecular complexity index is 487. The lowest BCUT2D eigenvalue weighted by molar-refractivity contribution is -0.148. The maximum absolute atomic E-state index is 12.0. The predicted molar refractivity (Wildman–Crippen MR) is 88.8 cm³/mol. The minimum Gasteiger partial charge on any atom is -0.466 e. The number of carbonyl (C=O) groups excluding carboxylic acids is 2. The highest BCUT2D eigenvalue weighted by Crippen LogP contribution is 2.15. The van der Waals surface area contributed by atoms with Gasteiger partial charge in [0.25, 0.3) is 0 Å². The van der Waals surface area contributed by atoms with E-state index in [-0.39, 0.29) is 18.6 Å². The third-order valence-electron chi connectivity index (χ3n) is 3.50. The Balaban J connectivity index is 2.57. The van der Waals surface area contributed by atoms with Gasteiger partial charge >= 0.3 is 12.1 Å². The molecule has 0 fully saturated rings. The van der Waals surface area contributed by atoms with E-state index in [0.29, 0.717) is 18.9 Å². The number of amides is 1. The molecule has 1 rings (SSSR count). The minimum absolute atomic E-state index is 0.203. The third kappa shape index (κ3) is 7.17. The zero-order valence-corrected chi connectivity index (χ0v) is 14.4. The van der Waals surface area contributed by atoms with E-state index >= 15 is 0 Å². The van der Waals surface area contributed by atoms with E-state index in [1.54, 1.807) is 13.8 Å². The molecule has 0 aromatic heterocycles. The molecule has 0 saturated carbocycles. The number of nitrogens with one attached hydrogen (secondary N) is 1. The van der Waals surface area contributed by atoms with E-state index in [0.717, 1.165) is 5.56 Å². The number of alkyl carbamates (subject to hydrolysis) is 1. The summed E-state index contributed by atoms with van der Waals surface area (Å²) in [6.45, 7) is 8.15. The first-order valence-corrected chi connectivity index (χ1v) is 8.07. The molecular weight excluding hydrogens is 294 g/mol. The first-order chi connectivity index (χ1) is 10.9. The van der Waals surface area contributed by atoms with Crippen LogP contribution in [0.1, 0.15) is 39.7 Å². The molecular formula is C18H27NO4. The van der Waals surface area contributed by atoms with Crippen LogP contribution in [0.4, 0.5) is 4.79 Å². The zero-order valence-electron chi connectivity index (χ0n) is 14.4. The van der Waals surface area contributed by atoms with E-state index in [2.05, 4.69) is 5.32 Å². The first kappa shape index (κ1) is 19.0. The van der Waals surface area contributed by atoms with Crippen molar-refractivity contribution in [3.63, 3.8) is 0 Å². The summed E-state index contributed by atoms with van der Waals surface area (Å²) in [4.78, 5) is 23.9. The fourth-order valence-corrected chi connectivity index (χ4v) is 2.25. The molecule has 0 bridgehead atoms. The van der Waals surface area contributed by atoms with Gasteiger partial charge < -0.3 is 14.8 Å². The molecule has 0 spiro atoms. The molecule has 23 heavy (non-hydrogen) atoms. The van der Waals surface area contributed by atoms with Crippen molar-refractivity contribution in [3.8, 4) is 0 Å². The maximum Gasteiger partial charge on any atom is 0.407 e. The highest BCUT2D eigenvalue weighted by molar-refractivity contribution is 5.74. The van der Waals surface area contributed by atoms with E-state index in [9.17, 15) is 9.59 Å². The van der Waals surface area contributed by atoms with Crippen LogP contribution in [0, 0.1) is 11.8 Å². The van der Waals surface area contributed by atoms with Gasteiger partial charge in [-0.1, -0.05) is 44.2 Å². The second kappa shape index (κ2) is 9.87. The second-order valence-corrected chi connectivity index (χ2v) is 5.98. The van der Waals surface area contributed by atoms with Gasteiger partial charge in [-0.05, 0) is 31.7 Å². The van der Waals surface area contributed by atoms with Crippen molar-refractivity contribution in [2.75, 3.05) is 6.61 Å². The summed E-state index contributed by atoms with van der Waals surface area (Å²) in [6.07, 6.45) is 0.163. The first-order valence-electron chi connectivity index (χ1n) is 8.07. The number of esters is 1. The average Bonchev–Trinajstić information content (AvgIpc) is 2.52. The number of hydrogen-bond donors (Lipinski definition) is 1. The summed E-state index contributed by atoms with van der Waals surface area (Å²) in [5, 5.41) is 2.80. The lowest BCUT2D eigenvalue weighted by atomic mass is 9.93. The van der Waals surface area contributed by atoms with Crippen LogP contribution in [0.5, 0.6) is 0 Å². The fraction of sp³-hybridized carbons (Fsp3) is 0.556. The van der Waals surface area contributed by atoms with Crippen molar-refractivity contribution in [2.45, 2.75) is 46.8 Å². The molecule has 0 aliphatic carbocycles. The monoisotopic (exact) mass is 321 g/mol. The Labute approximate surface area is 138 Å². The number of benzene rings is 1. The lowest BCUT2D eigenvalue weighted by Crippen LogP contribution is -2.43. The molecule has 0 radical (unpaired) electrons. The Morgan fingerprint density at radius 2 is 1.74 bits per heavy atom. The summed E-state index contributed by atoms with van der Waals surface area (Å²) < 4.78 is 10.3. The summed E-state index contributed by atoms with van der Waals surface area (Å²) in [5.74, 6) is -0.380. The van der Waals surface area contributed by atoms with E-state index in [1.807, 2.05) is 44.2 Å². The van der Waals surface area contributed by atoms with Crippen molar-refractivity contribution in [1.82, 2.24) is 5.32 Å². The van der Waals surface area contributed by atoms with Crippen molar-refractivity contribution < 1.29 is 19.1 Å². The Hall–Kier alpha value is -2.04. The highest BCUT2D eigenvalue weighted by atomic mass is 16.5. The molecule has 0 saturated heterocycles. The SMILES string of the molecule is CCOC(=O)C(C)C(CC(C)C)NC(=O)OCc1ccccc1. The van der Waals surface area contributed by atoms with Gasteiger partial charge in [0.05, 0.1) is 12.5 Å². The van der Waals surface area contributed by atoms with Gasteiger partial charge in [-0.15, -0.1) is 0 Å². The fourth-order valence-electron chi connectivity index (χ4n) is 2.25. The van der Waals surface area contributed by atoms with E-state index in [4.69, 9.17) is 9.47 Å². The molecule has 1 amide bonds. The zero-order chi connectivity index (χ0) is 17.2. The van der Waals surface area contributed by atoms with Crippen LogP contribution < -0.4 is 5.32 Å². The number of carbonyl (C=O) groups is 2. The lowest BCUT2D eigenvalue weighted by Gasteiger charge is -2.25. The Morgan fingerprint density at radius 1 is 1.09 bits per heavy atom. The molecule has 5 nitrogen and oxygen atoms in total. The van der Waals surface area contributed by atoms with Gasteiger partial charge in [0, 0.05) is 6.04 Å². The van der Waals surface area contributed by atoms with Crippen LogP contribution in [0.15, 0.2) is 30.3 Å². The van der Waals surface area contributed by atoms with Gasteiger partial charge in [0.2, 0.25) is 0 Å². The molecule has 0 heterocycles. The van der Waals surface area contributed by atoms with Crippen LogP contribution in [-0.2, 0) is 20.9 Å². The summed E-state index contributed by atoms with van der Waals surface area (Å²) in [6, 6.07) is 9.16. The number of rotatable bonds is 8. The summed E-state index contributed by atoms with van der Waals surface area (Å²) >= 11 is 0. The van der Waals surface area contributed by atoms with Crippen LogP contribution in [-0.4, -0.2) is 24.7 Å². The maximum atomic E-state index is 12.0. The standard InChI is InChI=1S/C18H27NO4/c1-5-22-17(20)14(4)16(11-13(2)3)19-18(21)23-12-15-9-7-6-8-10-15/h6-10,13-14,16H,5,11-12H2,1-4H3,(H,19,21). The van der Waals surface area contributed by atoms with Crippen LogP contribution >= 0.6 is 0 Å². The third-order valence-corrected chi connectivity index (χ3v) is 3.50. The smallest absolute Gasteiger partial charge is 0.407 e. The van der Waals surface area contributed by atoms with Gasteiger partial charge in [-0.25, -0.2) is 4.79 Å². The highest BCUT2D eigenvalue weighted by Gasteiger charge is 2.27. The molecule has 0 aliphatic heterocycles. The second-order valence-electron chi connectivity index (χ2n) is 5.98. The van der Waals surface area contributed by atoms with Crippen molar-refractivity contribution >= 4 is 12.1 Å². The topological polar surface area (TPSA) is 64.6 Å². The summed E-state index contributed by atoms with van der Waals surface area (Å²) in [7, 11) is 0. The summed E-state index contributed by atoms with van der Waals surface area (Å²) in [5.41, 5.74) is 0.918. The minimum atomic E-state index is -0.518. The van der Waals surface area contributed by atoms with Crippen molar-refractivity contribution in [2.24, 2.45) is 11.8 Å². The molecule has 2 unspecified atom stereocenters. The van der Waals surface area contributed by atoms with E-state index < -0.39 is 12.0 Å². The van der Waals surface area contributed by atoms with Crippen LogP contribution in [0.3, 0.4) is 0 Å². The molecule has 1 aromatic rings. The van der Waals surface area contributed by atoms with Gasteiger partial charge in [-0.2, -0.15) is 0 Å². The number of ether oxygens (including phenoxy) is 2. The Kier molecular flexibility index (Phi) is 8.16. The molecule has 0 aliphatic rings. The van der Waals surface area contributed by atoms with Crippen LogP contribution in [0.2, 0.25) is 0 Å². The van der Waals surface area contributed by atoms with Crippen molar-refractivity contribution in [3.05, 3.63) is 35.9 Å². The molecule has 128 valence electrons. The largest absolute Gasteiger partial charge is 0.466 e. The quantitative estimate of drug-likeness (QED) is 0.744. The molecule has 1 aromatic carbocycles. The molecule has 5 heteroatoms. The van der Waals surface area contributed by atoms with Gasteiger partial charge in [-0.3, -0.25) is 4.79 Å².